The van der Waals surface area contributed by atoms with Gasteiger partial charge >= 0.3 is 0 Å². The van der Waals surface area contributed by atoms with E-state index in [4.69, 9.17) is 5.26 Å². The molecule has 0 bridgehead atoms. The van der Waals surface area contributed by atoms with Gasteiger partial charge in [-0.2, -0.15) is 15.5 Å². The first kappa shape index (κ1) is 23.6. The highest BCUT2D eigenvalue weighted by molar-refractivity contribution is 6.36. The lowest BCUT2D eigenvalue weighted by molar-refractivity contribution is -0.161. The Labute approximate surface area is 193 Å². The fourth-order valence-electron chi connectivity index (χ4n) is 4.99. The van der Waals surface area contributed by atoms with Crippen LogP contribution >= 0.6 is 0 Å². The second kappa shape index (κ2) is 8.66. The molecule has 2 heterocycles. The highest BCUT2D eigenvalue weighted by Crippen LogP contribution is 2.59. The van der Waals surface area contributed by atoms with Crippen molar-refractivity contribution in [3.63, 3.8) is 0 Å². The summed E-state index contributed by atoms with van der Waals surface area (Å²) in [6.45, 7) is 2.05. The van der Waals surface area contributed by atoms with E-state index in [1.165, 1.54) is 17.0 Å². The van der Waals surface area contributed by atoms with Gasteiger partial charge in [0.15, 0.2) is 0 Å². The lowest BCUT2D eigenvalue weighted by Crippen LogP contribution is -2.50. The first-order valence-corrected chi connectivity index (χ1v) is 10.9. The Morgan fingerprint density at radius 3 is 2.65 bits per heavy atom. The lowest BCUT2D eigenvalue weighted by atomic mass is 9.61. The summed E-state index contributed by atoms with van der Waals surface area (Å²) in [5.74, 6) is -6.32. The van der Waals surface area contributed by atoms with Gasteiger partial charge in [0.1, 0.15) is 11.9 Å². The Morgan fingerprint density at radius 2 is 2.03 bits per heavy atom. The maximum atomic E-state index is 13.7. The molecule has 2 aliphatic heterocycles. The van der Waals surface area contributed by atoms with Crippen LogP contribution in [0.2, 0.25) is 0 Å². The SMILES string of the molecule is C[C@H]1[C@H](C(=O)Nc2ccc(F)c(C#N)c2)CCN1C(=O)C(=O)CC1(C2=CCN=N2)CC(F)(F)C1. The summed E-state index contributed by atoms with van der Waals surface area (Å²) in [6, 6.07) is 4.68. The molecular formula is C23H22F3N5O3. The van der Waals surface area contributed by atoms with Gasteiger partial charge in [-0.3, -0.25) is 14.4 Å². The minimum atomic E-state index is -2.92. The maximum absolute atomic E-state index is 13.7. The zero-order chi connectivity index (χ0) is 24.7. The summed E-state index contributed by atoms with van der Waals surface area (Å²) in [6.07, 6.45) is 0.373. The Kier molecular flexibility index (Phi) is 6.02. The smallest absolute Gasteiger partial charge is 0.290 e. The molecule has 4 rings (SSSR count). The van der Waals surface area contributed by atoms with E-state index in [-0.39, 0.29) is 24.3 Å². The largest absolute Gasteiger partial charge is 0.333 e. The predicted molar refractivity (Wildman–Crippen MR) is 113 cm³/mol. The number of hydrogen-bond acceptors (Lipinski definition) is 6. The van der Waals surface area contributed by atoms with Crippen molar-refractivity contribution in [1.29, 1.82) is 5.26 Å². The van der Waals surface area contributed by atoms with Gasteiger partial charge in [-0.1, -0.05) is 0 Å². The molecule has 34 heavy (non-hydrogen) atoms. The average molecular weight is 473 g/mol. The van der Waals surface area contributed by atoms with E-state index in [1.807, 2.05) is 0 Å². The number of nitriles is 1. The number of hydrogen-bond donors (Lipinski definition) is 1. The molecule has 0 unspecified atom stereocenters. The second-order valence-corrected chi connectivity index (χ2v) is 9.03. The van der Waals surface area contributed by atoms with Gasteiger partial charge in [0.05, 0.1) is 23.7 Å². The minimum absolute atomic E-state index is 0.155. The third-order valence-electron chi connectivity index (χ3n) is 6.73. The summed E-state index contributed by atoms with van der Waals surface area (Å²) in [7, 11) is 0. The van der Waals surface area contributed by atoms with E-state index in [0.29, 0.717) is 12.1 Å². The van der Waals surface area contributed by atoms with Crippen LogP contribution in [-0.2, 0) is 14.4 Å². The minimum Gasteiger partial charge on any atom is -0.333 e. The van der Waals surface area contributed by atoms with Gasteiger partial charge in [0, 0.05) is 43.0 Å². The molecule has 2 amide bonds. The van der Waals surface area contributed by atoms with Gasteiger partial charge in [0.25, 0.3) is 5.91 Å². The van der Waals surface area contributed by atoms with Crippen LogP contribution in [0.25, 0.3) is 0 Å². The number of allylic oxidation sites excluding steroid dienone is 1. The van der Waals surface area contributed by atoms with Crippen LogP contribution in [-0.4, -0.2) is 47.6 Å². The van der Waals surface area contributed by atoms with Crippen LogP contribution in [0.5, 0.6) is 0 Å². The number of carbonyl (C=O) groups is 3. The number of likely N-dealkylation sites (tertiary alicyclic amines) is 1. The van der Waals surface area contributed by atoms with Crippen molar-refractivity contribution >= 4 is 23.3 Å². The lowest BCUT2D eigenvalue weighted by Gasteiger charge is -2.46. The van der Waals surface area contributed by atoms with E-state index < -0.39 is 66.0 Å². The Balaban J connectivity index is 1.41. The Morgan fingerprint density at radius 1 is 1.29 bits per heavy atom. The van der Waals surface area contributed by atoms with Gasteiger partial charge < -0.3 is 10.2 Å². The molecule has 1 N–H and O–H groups in total. The molecule has 0 spiro atoms. The number of alkyl halides is 2. The highest BCUT2D eigenvalue weighted by atomic mass is 19.3. The third-order valence-corrected chi connectivity index (χ3v) is 6.73. The average Bonchev–Trinajstić information content (AvgIpc) is 3.43. The van der Waals surface area contributed by atoms with Crippen LogP contribution in [0.4, 0.5) is 18.9 Å². The number of rotatable bonds is 6. The number of amides is 2. The van der Waals surface area contributed by atoms with Gasteiger partial charge in [-0.15, -0.1) is 0 Å². The van der Waals surface area contributed by atoms with Crippen molar-refractivity contribution in [3.8, 4) is 6.07 Å². The molecule has 1 aliphatic carbocycles. The van der Waals surface area contributed by atoms with E-state index in [1.54, 1.807) is 19.1 Å². The molecule has 1 aromatic rings. The fraction of sp³-hybridized carbons (Fsp3) is 0.478. The molecule has 178 valence electrons. The zero-order valence-electron chi connectivity index (χ0n) is 18.4. The van der Waals surface area contributed by atoms with Crippen molar-refractivity contribution < 1.29 is 27.6 Å². The summed E-state index contributed by atoms with van der Waals surface area (Å²) in [5, 5.41) is 19.2. The number of carbonyl (C=O) groups excluding carboxylic acids is 3. The zero-order valence-corrected chi connectivity index (χ0v) is 18.4. The predicted octanol–water partition coefficient (Wildman–Crippen LogP) is 3.60. The van der Waals surface area contributed by atoms with Crippen molar-refractivity contribution in [2.75, 3.05) is 18.4 Å². The van der Waals surface area contributed by atoms with Gasteiger partial charge in [-0.25, -0.2) is 13.2 Å². The molecule has 1 aromatic carbocycles. The number of anilines is 1. The molecular weight excluding hydrogens is 451 g/mol. The summed E-state index contributed by atoms with van der Waals surface area (Å²) in [5.41, 5.74) is -0.853. The van der Waals surface area contributed by atoms with Crippen LogP contribution in [0.1, 0.15) is 38.2 Å². The molecule has 1 saturated carbocycles. The molecule has 0 aromatic heterocycles. The topological polar surface area (TPSA) is 115 Å². The molecule has 2 atom stereocenters. The molecule has 8 nitrogen and oxygen atoms in total. The number of nitrogens with zero attached hydrogens (tertiary/aromatic N) is 4. The quantitative estimate of drug-likeness (QED) is 0.636. The van der Waals surface area contributed by atoms with Gasteiger partial charge in [-0.05, 0) is 37.6 Å². The number of nitrogens with one attached hydrogen (secondary N) is 1. The second-order valence-electron chi connectivity index (χ2n) is 9.03. The first-order valence-electron chi connectivity index (χ1n) is 10.9. The monoisotopic (exact) mass is 473 g/mol. The van der Waals surface area contributed by atoms with Crippen molar-refractivity contribution in [3.05, 3.63) is 41.4 Å². The fourth-order valence-corrected chi connectivity index (χ4v) is 4.99. The molecule has 1 saturated heterocycles. The molecule has 3 aliphatic rings. The Hall–Kier alpha value is -3.55. The Bertz CT molecular complexity index is 1150. The molecule has 2 fully saturated rings. The van der Waals surface area contributed by atoms with Crippen LogP contribution < -0.4 is 5.32 Å². The molecule has 0 radical (unpaired) electrons. The van der Waals surface area contributed by atoms with E-state index in [0.717, 1.165) is 6.07 Å². The third kappa shape index (κ3) is 4.32. The van der Waals surface area contributed by atoms with E-state index in [2.05, 4.69) is 15.5 Å². The summed E-state index contributed by atoms with van der Waals surface area (Å²) in [4.78, 5) is 39.8. The van der Waals surface area contributed by atoms with E-state index in [9.17, 15) is 27.6 Å². The van der Waals surface area contributed by atoms with Crippen LogP contribution in [0.3, 0.4) is 0 Å². The highest BCUT2D eigenvalue weighted by Gasteiger charge is 2.60. The van der Waals surface area contributed by atoms with E-state index >= 15 is 0 Å². The normalized spacial score (nSPS) is 24.2. The maximum Gasteiger partial charge on any atom is 0.290 e. The summed E-state index contributed by atoms with van der Waals surface area (Å²) >= 11 is 0. The van der Waals surface area contributed by atoms with Gasteiger partial charge in [0.2, 0.25) is 17.6 Å². The number of ketones is 1. The van der Waals surface area contributed by atoms with Crippen molar-refractivity contribution in [2.45, 2.75) is 44.6 Å². The van der Waals surface area contributed by atoms with Crippen LogP contribution in [0.15, 0.2) is 40.2 Å². The standard InChI is InChI=1S/C23H22F3N5O3/c1-13-16(20(33)29-15-2-3-17(24)14(8-15)10-27)5-7-31(13)21(34)18(32)9-22(11-23(25,26)12-22)19-4-6-28-30-19/h2-4,8,13,16H,5-7,9,11-12H2,1H3,(H,29,33)/t13-,16+/m0/s1. The summed E-state index contributed by atoms with van der Waals surface area (Å²) < 4.78 is 40.9. The molecule has 11 heteroatoms. The van der Waals surface area contributed by atoms with Crippen molar-refractivity contribution in [2.24, 2.45) is 21.6 Å². The number of halogens is 3. The number of azo groups is 1. The first-order chi connectivity index (χ1) is 16.0. The number of benzene rings is 1. The van der Waals surface area contributed by atoms with Crippen molar-refractivity contribution in [1.82, 2.24) is 4.90 Å². The number of Topliss-reactive ketones (excluding diaryl/α,β-unsaturated/α-hetero) is 1. The van der Waals surface area contributed by atoms with Crippen LogP contribution in [0, 0.1) is 28.5 Å².